The number of allylic oxidation sites excluding steroid dienone is 2. The number of hydrogen-bond donors (Lipinski definition) is 5. The summed E-state index contributed by atoms with van der Waals surface area (Å²) < 4.78 is 16.3. The van der Waals surface area contributed by atoms with Gasteiger partial charge in [0.1, 0.15) is 5.52 Å². The van der Waals surface area contributed by atoms with Crippen LogP contribution in [0.3, 0.4) is 0 Å². The lowest BCUT2D eigenvalue weighted by Gasteiger charge is -2.24. The monoisotopic (exact) mass is 760 g/mol. The second kappa shape index (κ2) is 15.8. The Morgan fingerprint density at radius 2 is 1.91 bits per heavy atom. The van der Waals surface area contributed by atoms with E-state index in [0.29, 0.717) is 39.2 Å². The van der Waals surface area contributed by atoms with Gasteiger partial charge in [-0.15, -0.1) is 0 Å². The molecule has 7 N–H and O–H groups in total. The van der Waals surface area contributed by atoms with Gasteiger partial charge in [-0.1, -0.05) is 56.1 Å². The molecular weight excluding hydrogens is 710 g/mol. The van der Waals surface area contributed by atoms with Gasteiger partial charge in [0, 0.05) is 75.0 Å². The molecule has 0 radical (unpaired) electrons. The average Bonchev–Trinajstić information content (AvgIpc) is 3.50. The molecule has 4 aromatic rings. The van der Waals surface area contributed by atoms with Crippen molar-refractivity contribution in [3.05, 3.63) is 74.5 Å². The first-order valence-electron chi connectivity index (χ1n) is 18.7. The van der Waals surface area contributed by atoms with Crippen LogP contribution in [0, 0.1) is 41.3 Å². The molecule has 282 valence electrons. The highest BCUT2D eigenvalue weighted by Gasteiger charge is 2.39. The molecule has 2 aromatic carbocycles. The van der Waals surface area contributed by atoms with Gasteiger partial charge in [-0.25, -0.2) is 9.37 Å². The standard InChI is InChI=1S/C29H25Cl2FN4O.C7H17N3.C5H9N/c1-15-19-14-22(23-8-4-12-36(23)29(37)16-9-10-16)35-27(19)20-13-17(5-3-11-33)24(26(32)28(20)34-15)18-6-2-7-21(30)25(18)31;1-5(8)6(10-9)7(2,3)4;1-4-2-5(1)6-3-4/h2,6-7,13-14,16,23,35H,3-5,8-10,12H2,1H3;10H,8-9H2,1-4H3;4-6H,1-3H2/b;6-5-;. The molecule has 5 aliphatic rings. The highest BCUT2D eigenvalue weighted by atomic mass is 35.5. The number of hydrazine groups is 1. The highest BCUT2D eigenvalue weighted by Crippen LogP contribution is 2.43. The zero-order valence-electron chi connectivity index (χ0n) is 31.3. The normalized spacial score (nSPS) is 20.9. The number of pyridine rings is 1. The second-order valence-electron chi connectivity index (χ2n) is 15.9. The van der Waals surface area contributed by atoms with Crippen molar-refractivity contribution in [2.24, 2.45) is 28.8 Å². The van der Waals surface area contributed by atoms with Crippen molar-refractivity contribution in [1.29, 1.82) is 5.26 Å². The number of nitrogens with zero attached hydrogens (tertiary/aromatic N) is 3. The number of amides is 1. The molecule has 3 saturated heterocycles. The van der Waals surface area contributed by atoms with Crippen molar-refractivity contribution in [3.8, 4) is 17.2 Å². The lowest BCUT2D eigenvalue weighted by molar-refractivity contribution is -0.133. The fraction of sp³-hybridized carbons (Fsp3) is 0.488. The summed E-state index contributed by atoms with van der Waals surface area (Å²) in [5, 5.41) is 14.8. The van der Waals surface area contributed by atoms with E-state index in [9.17, 15) is 10.1 Å². The number of hydrogen-bond acceptors (Lipinski definition) is 7. The number of carbonyl (C=O) groups excluding carboxylic acids is 1. The molecule has 2 saturated carbocycles. The van der Waals surface area contributed by atoms with E-state index >= 15 is 4.39 Å². The van der Waals surface area contributed by atoms with Gasteiger partial charge in [-0.3, -0.25) is 10.6 Å². The Balaban J connectivity index is 0.000000247. The van der Waals surface area contributed by atoms with Crippen molar-refractivity contribution in [3.63, 3.8) is 0 Å². The van der Waals surface area contributed by atoms with Crippen molar-refractivity contribution < 1.29 is 9.18 Å². The summed E-state index contributed by atoms with van der Waals surface area (Å²) in [5.41, 5.74) is 14.0. The van der Waals surface area contributed by atoms with Crippen LogP contribution in [0.25, 0.3) is 32.9 Å². The van der Waals surface area contributed by atoms with Gasteiger partial charge in [-0.2, -0.15) is 5.26 Å². The van der Waals surface area contributed by atoms with Gasteiger partial charge in [-0.05, 0) is 95.0 Å². The summed E-state index contributed by atoms with van der Waals surface area (Å²) in [6.07, 6.45) is 7.35. The maximum Gasteiger partial charge on any atom is 0.226 e. The molecule has 5 fully saturated rings. The Bertz CT molecular complexity index is 2070. The maximum atomic E-state index is 16.3. The van der Waals surface area contributed by atoms with Crippen molar-refractivity contribution in [2.75, 3.05) is 13.1 Å². The first-order chi connectivity index (χ1) is 25.2. The third-order valence-corrected chi connectivity index (χ3v) is 11.7. The third-order valence-electron chi connectivity index (χ3n) is 10.9. The highest BCUT2D eigenvalue weighted by molar-refractivity contribution is 6.43. The average molecular weight is 762 g/mol. The summed E-state index contributed by atoms with van der Waals surface area (Å²) in [7, 11) is 0. The van der Waals surface area contributed by atoms with E-state index in [4.69, 9.17) is 34.8 Å². The Hall–Kier alpha value is -3.88. The molecule has 2 bridgehead atoms. The summed E-state index contributed by atoms with van der Waals surface area (Å²) in [6.45, 7) is 11.9. The molecule has 0 spiro atoms. The van der Waals surface area contributed by atoms with Gasteiger partial charge in [0.25, 0.3) is 0 Å². The van der Waals surface area contributed by atoms with Crippen LogP contribution in [0.15, 0.2) is 41.7 Å². The van der Waals surface area contributed by atoms with Crippen molar-refractivity contribution in [2.45, 2.75) is 98.1 Å². The number of likely N-dealkylation sites (tertiary alicyclic amines) is 1. The molecule has 9 rings (SSSR count). The number of rotatable bonds is 6. The number of H-pyrrole nitrogens is 1. The van der Waals surface area contributed by atoms with Crippen LogP contribution in [0.1, 0.15) is 95.6 Å². The van der Waals surface area contributed by atoms with E-state index in [0.717, 1.165) is 72.2 Å². The van der Waals surface area contributed by atoms with Gasteiger partial charge in [0.15, 0.2) is 5.82 Å². The van der Waals surface area contributed by atoms with Gasteiger partial charge >= 0.3 is 0 Å². The van der Waals surface area contributed by atoms with E-state index in [1.165, 1.54) is 19.4 Å². The second-order valence-corrected chi connectivity index (χ2v) is 16.7. The Labute approximate surface area is 321 Å². The quantitative estimate of drug-likeness (QED) is 0.0975. The SMILES string of the molecule is C/C(N)=C(/NN)C(C)(C)C.C1NC2CC1C2.Cc1nc2c(F)c(-c3cccc(Cl)c3Cl)c(CCC#N)cc2c2[nH]c(C3CCCN3C(=O)C3CC3)cc12. The van der Waals surface area contributed by atoms with Crippen LogP contribution in [0.2, 0.25) is 10.0 Å². The summed E-state index contributed by atoms with van der Waals surface area (Å²) in [4.78, 5) is 23.1. The third kappa shape index (κ3) is 8.14. The molecule has 1 atom stereocenters. The van der Waals surface area contributed by atoms with Crippen LogP contribution in [-0.4, -0.2) is 39.9 Å². The van der Waals surface area contributed by atoms with Crippen LogP contribution in [-0.2, 0) is 11.2 Å². The number of aromatic amines is 1. The zero-order valence-corrected chi connectivity index (χ0v) is 32.8. The van der Waals surface area contributed by atoms with Crippen LogP contribution in [0.5, 0.6) is 0 Å². The minimum Gasteiger partial charge on any atom is -0.401 e. The number of aryl methyl sites for hydroxylation is 2. The zero-order chi connectivity index (χ0) is 38.2. The van der Waals surface area contributed by atoms with Crippen LogP contribution in [0.4, 0.5) is 4.39 Å². The van der Waals surface area contributed by atoms with E-state index in [1.807, 2.05) is 24.8 Å². The van der Waals surface area contributed by atoms with Crippen LogP contribution >= 0.6 is 23.2 Å². The Morgan fingerprint density at radius 1 is 1.17 bits per heavy atom. The number of halogens is 3. The lowest BCUT2D eigenvalue weighted by Crippen LogP contribution is -2.32. The van der Waals surface area contributed by atoms with E-state index < -0.39 is 5.82 Å². The first kappa shape index (κ1) is 38.8. The van der Waals surface area contributed by atoms with Gasteiger partial charge in [0.05, 0.1) is 27.7 Å². The van der Waals surface area contributed by atoms with E-state index in [2.05, 4.69) is 53.6 Å². The Morgan fingerprint density at radius 3 is 2.45 bits per heavy atom. The maximum absolute atomic E-state index is 16.3. The number of nitrogens with two attached hydrogens (primary N) is 2. The summed E-state index contributed by atoms with van der Waals surface area (Å²) in [6, 6.07) is 12.2. The molecule has 3 aliphatic heterocycles. The topological polar surface area (TPSA) is 149 Å². The number of nitrogens with one attached hydrogen (secondary N) is 3. The fourth-order valence-electron chi connectivity index (χ4n) is 7.99. The smallest absolute Gasteiger partial charge is 0.226 e. The Kier molecular flexibility index (Phi) is 11.6. The molecule has 9 nitrogen and oxygen atoms in total. The number of carbonyl (C=O) groups is 1. The molecule has 2 aliphatic carbocycles. The van der Waals surface area contributed by atoms with Crippen molar-refractivity contribution >= 4 is 50.9 Å². The molecule has 12 heteroatoms. The minimum absolute atomic E-state index is 0.00752. The first-order valence-corrected chi connectivity index (χ1v) is 19.4. The van der Waals surface area contributed by atoms with Gasteiger partial charge in [0.2, 0.25) is 5.91 Å². The molecule has 53 heavy (non-hydrogen) atoms. The number of fused-ring (bicyclic) bond motifs is 4. The number of aromatic nitrogens is 2. The van der Waals surface area contributed by atoms with E-state index in [-0.39, 0.29) is 40.2 Å². The number of nitriles is 1. The predicted molar refractivity (Wildman–Crippen MR) is 212 cm³/mol. The fourth-order valence-corrected chi connectivity index (χ4v) is 8.39. The molecule has 1 amide bonds. The molecule has 1 unspecified atom stereocenters. The minimum atomic E-state index is -0.484. The summed E-state index contributed by atoms with van der Waals surface area (Å²) >= 11 is 12.8. The molecule has 2 aromatic heterocycles. The van der Waals surface area contributed by atoms with Crippen molar-refractivity contribution in [1.82, 2.24) is 25.6 Å². The lowest BCUT2D eigenvalue weighted by atomic mass is 9.87. The van der Waals surface area contributed by atoms with Gasteiger partial charge < -0.3 is 26.4 Å². The molecular formula is C41H51Cl2FN8O. The summed E-state index contributed by atoms with van der Waals surface area (Å²) in [5.74, 6) is 6.28. The molecule has 5 heterocycles. The predicted octanol–water partition coefficient (Wildman–Crippen LogP) is 8.72. The van der Waals surface area contributed by atoms with E-state index in [1.54, 1.807) is 18.2 Å². The number of benzene rings is 2. The largest absolute Gasteiger partial charge is 0.401 e. The van der Waals surface area contributed by atoms with Crippen LogP contribution < -0.4 is 22.3 Å².